The summed E-state index contributed by atoms with van der Waals surface area (Å²) in [4.78, 5) is 0. The Morgan fingerprint density at radius 3 is 2.64 bits per heavy atom. The predicted octanol–water partition coefficient (Wildman–Crippen LogP) is 2.36. The van der Waals surface area contributed by atoms with E-state index in [1.807, 2.05) is 6.08 Å². The molecule has 0 heterocycles. The molecule has 0 aromatic rings. The Balaban J connectivity index is 2.54. The molecule has 1 fully saturated rings. The third-order valence-corrected chi connectivity index (χ3v) is 2.71. The van der Waals surface area contributed by atoms with Crippen molar-refractivity contribution in [2.24, 2.45) is 11.3 Å². The Labute approximate surface area is 69.1 Å². The van der Waals surface area contributed by atoms with Crippen LogP contribution in [0.15, 0.2) is 12.7 Å². The van der Waals surface area contributed by atoms with Crippen LogP contribution in [0.3, 0.4) is 0 Å². The lowest BCUT2D eigenvalue weighted by molar-refractivity contribution is 0.0346. The molecular weight excluding hydrogens is 136 g/mol. The summed E-state index contributed by atoms with van der Waals surface area (Å²) in [5, 5.41) is 9.63. The van der Waals surface area contributed by atoms with Crippen LogP contribution in [-0.4, -0.2) is 11.2 Å². The molecule has 0 bridgehead atoms. The predicted molar refractivity (Wildman–Crippen MR) is 47.3 cm³/mol. The van der Waals surface area contributed by atoms with E-state index in [-0.39, 0.29) is 6.10 Å². The highest BCUT2D eigenvalue weighted by atomic mass is 16.3. The molecular formula is C10H18O. The minimum atomic E-state index is -0.156. The summed E-state index contributed by atoms with van der Waals surface area (Å²) in [6.07, 6.45) is 4.96. The maximum Gasteiger partial charge on any atom is 0.0607 e. The van der Waals surface area contributed by atoms with Gasteiger partial charge in [-0.25, -0.2) is 0 Å². The summed E-state index contributed by atoms with van der Waals surface area (Å²) in [5.41, 5.74) is 0.332. The summed E-state index contributed by atoms with van der Waals surface area (Å²) in [6.45, 7) is 8.16. The molecule has 1 aliphatic carbocycles. The Kier molecular flexibility index (Phi) is 2.38. The van der Waals surface area contributed by atoms with Gasteiger partial charge in [0.2, 0.25) is 0 Å². The van der Waals surface area contributed by atoms with Gasteiger partial charge in [0.1, 0.15) is 0 Å². The summed E-state index contributed by atoms with van der Waals surface area (Å²) < 4.78 is 0. The van der Waals surface area contributed by atoms with Gasteiger partial charge in [-0.3, -0.25) is 0 Å². The first-order chi connectivity index (χ1) is 5.05. The Hall–Kier alpha value is -0.300. The van der Waals surface area contributed by atoms with E-state index in [0.29, 0.717) is 11.3 Å². The van der Waals surface area contributed by atoms with E-state index in [9.17, 15) is 5.11 Å². The fourth-order valence-electron chi connectivity index (χ4n) is 1.84. The van der Waals surface area contributed by atoms with E-state index in [1.165, 1.54) is 6.42 Å². The van der Waals surface area contributed by atoms with Crippen molar-refractivity contribution in [1.82, 2.24) is 0 Å². The molecule has 0 aromatic carbocycles. The SMILES string of the molecule is C=C[C@H]1CCC(C)(C)C[C@@H]1O. The number of aliphatic hydroxyl groups excluding tert-OH is 1. The van der Waals surface area contributed by atoms with Gasteiger partial charge in [0.15, 0.2) is 0 Å². The second-order valence-corrected chi connectivity index (χ2v) is 4.37. The number of rotatable bonds is 1. The minimum absolute atomic E-state index is 0.156. The van der Waals surface area contributed by atoms with Gasteiger partial charge >= 0.3 is 0 Å². The Morgan fingerprint density at radius 1 is 1.55 bits per heavy atom. The maximum absolute atomic E-state index is 9.63. The molecule has 1 saturated carbocycles. The van der Waals surface area contributed by atoms with Crippen LogP contribution >= 0.6 is 0 Å². The topological polar surface area (TPSA) is 20.2 Å². The van der Waals surface area contributed by atoms with Gasteiger partial charge in [-0.05, 0) is 24.7 Å². The highest BCUT2D eigenvalue weighted by molar-refractivity contribution is 4.92. The van der Waals surface area contributed by atoms with E-state index < -0.39 is 0 Å². The largest absolute Gasteiger partial charge is 0.392 e. The molecule has 0 spiro atoms. The standard InChI is InChI=1S/C10H18O/c1-4-8-5-6-10(2,3)7-9(8)11/h4,8-9,11H,1,5-7H2,2-3H3/t8-,9-/m0/s1. The first-order valence-corrected chi connectivity index (χ1v) is 4.36. The number of aliphatic hydroxyl groups is 1. The average Bonchev–Trinajstić information content (AvgIpc) is 1.86. The molecule has 0 unspecified atom stereocenters. The van der Waals surface area contributed by atoms with E-state index in [0.717, 1.165) is 12.8 Å². The first kappa shape index (κ1) is 8.79. The molecule has 1 aliphatic rings. The second kappa shape index (κ2) is 2.98. The fourth-order valence-corrected chi connectivity index (χ4v) is 1.84. The van der Waals surface area contributed by atoms with Gasteiger partial charge in [0, 0.05) is 5.92 Å². The van der Waals surface area contributed by atoms with Crippen LogP contribution in [0.25, 0.3) is 0 Å². The van der Waals surface area contributed by atoms with Gasteiger partial charge in [-0.1, -0.05) is 19.9 Å². The van der Waals surface area contributed by atoms with Crippen LogP contribution in [0.5, 0.6) is 0 Å². The number of hydrogen-bond donors (Lipinski definition) is 1. The summed E-state index contributed by atoms with van der Waals surface area (Å²) in [7, 11) is 0. The lowest BCUT2D eigenvalue weighted by atomic mass is 9.71. The van der Waals surface area contributed by atoms with Gasteiger partial charge in [-0.2, -0.15) is 0 Å². The van der Waals surface area contributed by atoms with Crippen molar-refractivity contribution in [3.05, 3.63) is 12.7 Å². The molecule has 1 heteroatoms. The quantitative estimate of drug-likeness (QED) is 0.575. The zero-order valence-corrected chi connectivity index (χ0v) is 7.51. The Bertz CT molecular complexity index is 149. The van der Waals surface area contributed by atoms with Crippen molar-refractivity contribution in [3.8, 4) is 0 Å². The van der Waals surface area contributed by atoms with Crippen LogP contribution in [0.1, 0.15) is 33.1 Å². The highest BCUT2D eigenvalue weighted by Gasteiger charge is 2.31. The van der Waals surface area contributed by atoms with E-state index in [2.05, 4.69) is 20.4 Å². The maximum atomic E-state index is 9.63. The van der Waals surface area contributed by atoms with Crippen molar-refractivity contribution in [2.75, 3.05) is 0 Å². The normalized spacial score (nSPS) is 36.6. The molecule has 64 valence electrons. The van der Waals surface area contributed by atoms with E-state index in [4.69, 9.17) is 0 Å². The summed E-state index contributed by atoms with van der Waals surface area (Å²) >= 11 is 0. The molecule has 0 amide bonds. The molecule has 0 radical (unpaired) electrons. The molecule has 1 nitrogen and oxygen atoms in total. The molecule has 0 saturated heterocycles. The smallest absolute Gasteiger partial charge is 0.0607 e. The van der Waals surface area contributed by atoms with Crippen LogP contribution in [0, 0.1) is 11.3 Å². The van der Waals surface area contributed by atoms with Gasteiger partial charge in [0.05, 0.1) is 6.10 Å². The molecule has 1 N–H and O–H groups in total. The average molecular weight is 154 g/mol. The third-order valence-electron chi connectivity index (χ3n) is 2.71. The number of hydrogen-bond acceptors (Lipinski definition) is 1. The highest BCUT2D eigenvalue weighted by Crippen LogP contribution is 2.38. The Morgan fingerprint density at radius 2 is 2.18 bits per heavy atom. The monoisotopic (exact) mass is 154 g/mol. The van der Waals surface area contributed by atoms with Crippen molar-refractivity contribution in [3.63, 3.8) is 0 Å². The minimum Gasteiger partial charge on any atom is -0.392 e. The molecule has 1 rings (SSSR count). The van der Waals surface area contributed by atoms with Crippen LogP contribution in [0.4, 0.5) is 0 Å². The molecule has 11 heavy (non-hydrogen) atoms. The molecule has 2 atom stereocenters. The van der Waals surface area contributed by atoms with Gasteiger partial charge in [-0.15, -0.1) is 6.58 Å². The van der Waals surface area contributed by atoms with Gasteiger partial charge in [0.25, 0.3) is 0 Å². The second-order valence-electron chi connectivity index (χ2n) is 4.37. The van der Waals surface area contributed by atoms with Crippen molar-refractivity contribution in [1.29, 1.82) is 0 Å². The van der Waals surface area contributed by atoms with Gasteiger partial charge < -0.3 is 5.11 Å². The lowest BCUT2D eigenvalue weighted by Crippen LogP contribution is -2.32. The van der Waals surface area contributed by atoms with Crippen LogP contribution < -0.4 is 0 Å². The van der Waals surface area contributed by atoms with E-state index in [1.54, 1.807) is 0 Å². The van der Waals surface area contributed by atoms with E-state index >= 15 is 0 Å². The zero-order chi connectivity index (χ0) is 8.48. The molecule has 0 aromatic heterocycles. The first-order valence-electron chi connectivity index (χ1n) is 4.36. The van der Waals surface area contributed by atoms with Crippen molar-refractivity contribution < 1.29 is 5.11 Å². The summed E-state index contributed by atoms with van der Waals surface area (Å²) in [6, 6.07) is 0. The zero-order valence-electron chi connectivity index (χ0n) is 7.51. The fraction of sp³-hybridized carbons (Fsp3) is 0.800. The lowest BCUT2D eigenvalue weighted by Gasteiger charge is -2.36. The van der Waals surface area contributed by atoms with Crippen molar-refractivity contribution in [2.45, 2.75) is 39.2 Å². The summed E-state index contributed by atoms with van der Waals surface area (Å²) in [5.74, 6) is 0.336. The molecule has 0 aliphatic heterocycles. The van der Waals surface area contributed by atoms with Crippen LogP contribution in [0.2, 0.25) is 0 Å². The van der Waals surface area contributed by atoms with Crippen molar-refractivity contribution >= 4 is 0 Å². The third kappa shape index (κ3) is 2.06. The van der Waals surface area contributed by atoms with Crippen LogP contribution in [-0.2, 0) is 0 Å².